The van der Waals surface area contributed by atoms with Crippen LogP contribution in [0.15, 0.2) is 12.2 Å². The average Bonchev–Trinajstić information content (AvgIpc) is 2.09. The Morgan fingerprint density at radius 1 is 1.14 bits per heavy atom. The molecule has 0 spiro atoms. The molecule has 0 fully saturated rings. The fraction of sp³-hybridized carbons (Fsp3) is 0.846. The molecule has 0 radical (unpaired) electrons. The van der Waals surface area contributed by atoms with Crippen LogP contribution in [0.2, 0.25) is 0 Å². The average molecular weight is 197 g/mol. The van der Waals surface area contributed by atoms with Crippen LogP contribution in [0.3, 0.4) is 0 Å². The fourth-order valence-corrected chi connectivity index (χ4v) is 1.38. The maximum Gasteiger partial charge on any atom is 0.00104 e. The van der Waals surface area contributed by atoms with Crippen LogP contribution in [0.1, 0.15) is 47.5 Å². The maximum atomic E-state index is 3.95. The minimum Gasteiger partial charge on any atom is -0.314 e. The zero-order valence-electron chi connectivity index (χ0n) is 10.6. The second-order valence-electron chi connectivity index (χ2n) is 5.01. The van der Waals surface area contributed by atoms with Crippen molar-refractivity contribution in [3.63, 3.8) is 0 Å². The molecule has 0 bridgehead atoms. The van der Waals surface area contributed by atoms with E-state index in [1.807, 2.05) is 0 Å². The van der Waals surface area contributed by atoms with E-state index in [0.717, 1.165) is 18.4 Å². The molecule has 1 N–H and O–H groups in total. The molecule has 14 heavy (non-hydrogen) atoms. The number of hydrogen-bond acceptors (Lipinski definition) is 1. The van der Waals surface area contributed by atoms with Crippen molar-refractivity contribution in [3.8, 4) is 0 Å². The molecule has 1 nitrogen and oxygen atoms in total. The highest BCUT2D eigenvalue weighted by Gasteiger charge is 2.11. The Morgan fingerprint density at radius 3 is 2.14 bits per heavy atom. The highest BCUT2D eigenvalue weighted by molar-refractivity contribution is 4.88. The molecule has 0 heterocycles. The van der Waals surface area contributed by atoms with Crippen molar-refractivity contribution < 1.29 is 0 Å². The Balaban J connectivity index is 3.64. The molecule has 0 saturated heterocycles. The SMILES string of the molecule is C=C(C)CCC(C)C(C)CNC(C)C. The van der Waals surface area contributed by atoms with E-state index in [4.69, 9.17) is 0 Å². The van der Waals surface area contributed by atoms with Crippen molar-refractivity contribution >= 4 is 0 Å². The predicted molar refractivity (Wildman–Crippen MR) is 65.5 cm³/mol. The van der Waals surface area contributed by atoms with Crippen molar-refractivity contribution in [3.05, 3.63) is 12.2 Å². The van der Waals surface area contributed by atoms with E-state index < -0.39 is 0 Å². The van der Waals surface area contributed by atoms with Crippen LogP contribution in [-0.2, 0) is 0 Å². The molecule has 84 valence electrons. The summed E-state index contributed by atoms with van der Waals surface area (Å²) in [5.41, 5.74) is 1.31. The molecule has 0 aromatic heterocycles. The lowest BCUT2D eigenvalue weighted by atomic mass is 9.90. The van der Waals surface area contributed by atoms with Gasteiger partial charge in [0.15, 0.2) is 0 Å². The van der Waals surface area contributed by atoms with Gasteiger partial charge in [0.2, 0.25) is 0 Å². The number of allylic oxidation sites excluding steroid dienone is 1. The van der Waals surface area contributed by atoms with Crippen molar-refractivity contribution in [2.24, 2.45) is 11.8 Å². The first-order valence-electron chi connectivity index (χ1n) is 5.81. The van der Waals surface area contributed by atoms with Gasteiger partial charge in [0.05, 0.1) is 0 Å². The smallest absolute Gasteiger partial charge is 0.00104 e. The zero-order valence-corrected chi connectivity index (χ0v) is 10.6. The molecule has 0 rings (SSSR count). The summed E-state index contributed by atoms with van der Waals surface area (Å²) in [7, 11) is 0. The first kappa shape index (κ1) is 13.7. The summed E-state index contributed by atoms with van der Waals surface area (Å²) in [4.78, 5) is 0. The standard InChI is InChI=1S/C13H27N/c1-10(2)7-8-12(5)13(6)9-14-11(3)4/h11-14H,1,7-9H2,2-6H3. The summed E-state index contributed by atoms with van der Waals surface area (Å²) in [6.07, 6.45) is 2.45. The molecule has 0 aromatic carbocycles. The van der Waals surface area contributed by atoms with Gasteiger partial charge in [-0.15, -0.1) is 6.58 Å². The molecule has 2 unspecified atom stereocenters. The Hall–Kier alpha value is -0.300. The fourth-order valence-electron chi connectivity index (χ4n) is 1.38. The molecule has 0 aromatic rings. The van der Waals surface area contributed by atoms with E-state index >= 15 is 0 Å². The molecule has 2 atom stereocenters. The lowest BCUT2D eigenvalue weighted by Gasteiger charge is -2.21. The molecular formula is C13H27N. The topological polar surface area (TPSA) is 12.0 Å². The van der Waals surface area contributed by atoms with Gasteiger partial charge in [-0.05, 0) is 38.1 Å². The lowest BCUT2D eigenvalue weighted by Crippen LogP contribution is -2.30. The largest absolute Gasteiger partial charge is 0.314 e. The molecular weight excluding hydrogens is 170 g/mol. The van der Waals surface area contributed by atoms with Gasteiger partial charge in [-0.25, -0.2) is 0 Å². The molecule has 1 heteroatoms. The van der Waals surface area contributed by atoms with E-state index in [0.29, 0.717) is 6.04 Å². The van der Waals surface area contributed by atoms with Crippen LogP contribution in [0.5, 0.6) is 0 Å². The maximum absolute atomic E-state index is 3.95. The van der Waals surface area contributed by atoms with Crippen LogP contribution in [0.4, 0.5) is 0 Å². The molecule has 0 aliphatic heterocycles. The van der Waals surface area contributed by atoms with E-state index in [9.17, 15) is 0 Å². The number of hydrogen-bond donors (Lipinski definition) is 1. The second-order valence-corrected chi connectivity index (χ2v) is 5.01. The van der Waals surface area contributed by atoms with E-state index in [-0.39, 0.29) is 0 Å². The van der Waals surface area contributed by atoms with Gasteiger partial charge in [-0.3, -0.25) is 0 Å². The van der Waals surface area contributed by atoms with Crippen molar-refractivity contribution in [1.82, 2.24) is 5.32 Å². The lowest BCUT2D eigenvalue weighted by molar-refractivity contribution is 0.338. The van der Waals surface area contributed by atoms with Crippen LogP contribution in [0, 0.1) is 11.8 Å². The van der Waals surface area contributed by atoms with Crippen LogP contribution >= 0.6 is 0 Å². The van der Waals surface area contributed by atoms with E-state index in [1.54, 1.807) is 0 Å². The highest BCUT2D eigenvalue weighted by Crippen LogP contribution is 2.18. The zero-order chi connectivity index (χ0) is 11.1. The predicted octanol–water partition coefficient (Wildman–Crippen LogP) is 3.61. The quantitative estimate of drug-likeness (QED) is 0.615. The summed E-state index contributed by atoms with van der Waals surface area (Å²) in [5, 5.41) is 3.49. The Bertz CT molecular complexity index is 161. The van der Waals surface area contributed by atoms with Gasteiger partial charge in [0.1, 0.15) is 0 Å². The summed E-state index contributed by atoms with van der Waals surface area (Å²) in [5.74, 6) is 1.55. The summed E-state index contributed by atoms with van der Waals surface area (Å²) in [6, 6.07) is 0.603. The third kappa shape index (κ3) is 7.14. The summed E-state index contributed by atoms with van der Waals surface area (Å²) >= 11 is 0. The van der Waals surface area contributed by atoms with Gasteiger partial charge in [0.25, 0.3) is 0 Å². The molecule has 0 amide bonds. The van der Waals surface area contributed by atoms with Crippen LogP contribution in [-0.4, -0.2) is 12.6 Å². The minimum absolute atomic E-state index is 0.603. The monoisotopic (exact) mass is 197 g/mol. The summed E-state index contributed by atoms with van der Waals surface area (Å²) < 4.78 is 0. The van der Waals surface area contributed by atoms with Crippen LogP contribution in [0.25, 0.3) is 0 Å². The van der Waals surface area contributed by atoms with E-state index in [2.05, 4.69) is 46.5 Å². The third-order valence-electron chi connectivity index (χ3n) is 2.85. The first-order valence-corrected chi connectivity index (χ1v) is 5.81. The van der Waals surface area contributed by atoms with Gasteiger partial charge in [-0.1, -0.05) is 33.3 Å². The van der Waals surface area contributed by atoms with Gasteiger partial charge < -0.3 is 5.32 Å². The number of rotatable bonds is 7. The van der Waals surface area contributed by atoms with E-state index in [1.165, 1.54) is 18.4 Å². The third-order valence-corrected chi connectivity index (χ3v) is 2.85. The highest BCUT2D eigenvalue weighted by atomic mass is 14.9. The first-order chi connectivity index (χ1) is 6.43. The Kier molecular flexibility index (Phi) is 6.90. The second kappa shape index (κ2) is 7.05. The van der Waals surface area contributed by atoms with Gasteiger partial charge >= 0.3 is 0 Å². The van der Waals surface area contributed by atoms with Crippen molar-refractivity contribution in [2.75, 3.05) is 6.54 Å². The summed E-state index contributed by atoms with van der Waals surface area (Å²) in [6.45, 7) is 16.3. The normalized spacial score (nSPS) is 15.6. The number of nitrogens with one attached hydrogen (secondary N) is 1. The molecule has 0 saturated carbocycles. The van der Waals surface area contributed by atoms with Crippen LogP contribution < -0.4 is 5.32 Å². The Morgan fingerprint density at radius 2 is 1.71 bits per heavy atom. The van der Waals surface area contributed by atoms with Crippen molar-refractivity contribution in [1.29, 1.82) is 0 Å². The minimum atomic E-state index is 0.603. The molecule has 0 aliphatic carbocycles. The van der Waals surface area contributed by atoms with Gasteiger partial charge in [0, 0.05) is 6.04 Å². The molecule has 0 aliphatic rings. The Labute approximate surface area is 90.0 Å². The van der Waals surface area contributed by atoms with Crippen molar-refractivity contribution in [2.45, 2.75) is 53.5 Å². The van der Waals surface area contributed by atoms with Gasteiger partial charge in [-0.2, -0.15) is 0 Å².